The second kappa shape index (κ2) is 12.2. The van der Waals surface area contributed by atoms with Gasteiger partial charge in [0, 0.05) is 56.7 Å². The first-order valence-electron chi connectivity index (χ1n) is 9.88. The summed E-state index contributed by atoms with van der Waals surface area (Å²) >= 11 is 3.28. The number of nitrogens with zero attached hydrogens (tertiary/aromatic N) is 3. The number of nitro benzene ring substituents is 1. The van der Waals surface area contributed by atoms with Crippen LogP contribution in [0.4, 0.5) is 11.4 Å². The van der Waals surface area contributed by atoms with Crippen LogP contribution in [0.25, 0.3) is 0 Å². The van der Waals surface area contributed by atoms with Gasteiger partial charge in [-0.25, -0.2) is 13.1 Å². The predicted molar refractivity (Wildman–Crippen MR) is 123 cm³/mol. The van der Waals surface area contributed by atoms with Crippen molar-refractivity contribution in [2.45, 2.75) is 11.3 Å². The number of halogens is 1. The molecule has 0 unspecified atom stereocenters. The van der Waals surface area contributed by atoms with Crippen LogP contribution in [0.2, 0.25) is 0 Å². The van der Waals surface area contributed by atoms with E-state index < -0.39 is 30.8 Å². The Balaban J connectivity index is 2.26. The molecule has 2 N–H and O–H groups in total. The van der Waals surface area contributed by atoms with Gasteiger partial charge in [-0.1, -0.05) is 15.9 Å². The van der Waals surface area contributed by atoms with Crippen molar-refractivity contribution in [3.8, 4) is 0 Å². The topological polar surface area (TPSA) is 159 Å². The number of benzene rings is 1. The van der Waals surface area contributed by atoms with E-state index in [0.29, 0.717) is 44.7 Å². The van der Waals surface area contributed by atoms with Gasteiger partial charge in [0.05, 0.1) is 29.6 Å². The molecule has 182 valence electrons. The van der Waals surface area contributed by atoms with Crippen molar-refractivity contribution in [2.75, 3.05) is 68.5 Å². The highest BCUT2D eigenvalue weighted by Gasteiger charge is 2.25. The fourth-order valence-corrected chi connectivity index (χ4v) is 5.41. The average molecular weight is 559 g/mol. The fraction of sp³-hybridized carbons (Fsp3) is 0.647. The largest absolute Gasteiger partial charge is 0.379 e. The van der Waals surface area contributed by atoms with E-state index in [1.54, 1.807) is 4.90 Å². The molecular weight excluding hydrogens is 532 g/mol. The zero-order valence-corrected chi connectivity index (χ0v) is 20.6. The molecule has 1 aromatic carbocycles. The van der Waals surface area contributed by atoms with Gasteiger partial charge in [-0.05, 0) is 12.5 Å². The normalized spacial score (nSPS) is 15.6. The minimum absolute atomic E-state index is 0.0484. The van der Waals surface area contributed by atoms with Gasteiger partial charge in [0.15, 0.2) is 0 Å². The molecule has 1 aliphatic heterocycles. The summed E-state index contributed by atoms with van der Waals surface area (Å²) in [6.45, 7) is 3.56. The number of nitro groups is 1. The van der Waals surface area contributed by atoms with Gasteiger partial charge >= 0.3 is 0 Å². The van der Waals surface area contributed by atoms with Crippen LogP contribution in [0.3, 0.4) is 0 Å². The second-order valence-electron chi connectivity index (χ2n) is 7.08. The van der Waals surface area contributed by atoms with Crippen molar-refractivity contribution in [3.05, 3.63) is 28.3 Å². The first-order chi connectivity index (χ1) is 15.0. The third-order valence-electron chi connectivity index (χ3n) is 4.79. The lowest BCUT2D eigenvalue weighted by atomic mass is 10.2. The molecule has 2 rings (SSSR count). The Labute approximate surface area is 196 Å². The highest BCUT2D eigenvalue weighted by molar-refractivity contribution is 9.09. The molecular formula is C17H27BrN4O8S2. The van der Waals surface area contributed by atoms with Gasteiger partial charge < -0.3 is 9.64 Å². The summed E-state index contributed by atoms with van der Waals surface area (Å²) in [5.74, 6) is -0.487. The van der Waals surface area contributed by atoms with Crippen LogP contribution < -0.4 is 9.62 Å². The molecule has 1 aliphatic rings. The van der Waals surface area contributed by atoms with Gasteiger partial charge in [-0.3, -0.25) is 19.6 Å². The van der Waals surface area contributed by atoms with Gasteiger partial charge in [0.1, 0.15) is 4.90 Å². The second-order valence-corrected chi connectivity index (χ2v) is 11.2. The average Bonchev–Trinajstić information content (AvgIpc) is 2.72. The Morgan fingerprint density at radius 3 is 2.50 bits per heavy atom. The summed E-state index contributed by atoms with van der Waals surface area (Å²) in [7, 11) is -8.27. The van der Waals surface area contributed by atoms with Crippen LogP contribution in [0.15, 0.2) is 23.1 Å². The van der Waals surface area contributed by atoms with Crippen LogP contribution >= 0.6 is 15.9 Å². The predicted octanol–water partition coefficient (Wildman–Crippen LogP) is 0.685. The summed E-state index contributed by atoms with van der Waals surface area (Å²) in [5, 5.41) is 11.7. The minimum Gasteiger partial charge on any atom is -0.379 e. The van der Waals surface area contributed by atoms with Crippen LogP contribution in [0.5, 0.6) is 0 Å². The Hall–Kier alpha value is -1.36. The monoisotopic (exact) mass is 558 g/mol. The number of morpholine rings is 1. The van der Waals surface area contributed by atoms with Crippen LogP contribution in [0.1, 0.15) is 6.42 Å². The maximum absolute atomic E-state index is 13.1. The van der Waals surface area contributed by atoms with Crippen molar-refractivity contribution in [1.82, 2.24) is 9.62 Å². The van der Waals surface area contributed by atoms with E-state index in [2.05, 4.69) is 20.7 Å². The number of non-ortho nitro benzene ring substituents is 1. The molecule has 1 heterocycles. The van der Waals surface area contributed by atoms with E-state index >= 15 is 0 Å². The zero-order valence-electron chi connectivity index (χ0n) is 17.4. The van der Waals surface area contributed by atoms with E-state index in [0.717, 1.165) is 6.07 Å². The van der Waals surface area contributed by atoms with E-state index in [4.69, 9.17) is 9.29 Å². The molecule has 1 fully saturated rings. The summed E-state index contributed by atoms with van der Waals surface area (Å²) in [5.41, 5.74) is -0.164. The number of anilines is 1. The van der Waals surface area contributed by atoms with Crippen molar-refractivity contribution < 1.29 is 31.0 Å². The standard InChI is InChI=1S/C17H27BrN4O8S2/c18-4-7-21(6-1-13-31(25,26)27)16-3-2-15(22(23)24)14-17(16)32(28,29)19-5-8-20-9-11-30-12-10-20/h2-3,14,19H,1,4-13H2,(H,25,26,27). The highest BCUT2D eigenvalue weighted by Crippen LogP contribution is 2.30. The molecule has 0 atom stereocenters. The van der Waals surface area contributed by atoms with Crippen LogP contribution in [0, 0.1) is 10.1 Å². The van der Waals surface area contributed by atoms with Crippen LogP contribution in [-0.2, 0) is 24.9 Å². The number of hydrogen-bond acceptors (Lipinski definition) is 9. The fourth-order valence-electron chi connectivity index (χ4n) is 3.23. The zero-order chi connectivity index (χ0) is 23.8. The Morgan fingerprint density at radius 1 is 1.22 bits per heavy atom. The molecule has 12 nitrogen and oxygen atoms in total. The molecule has 0 radical (unpaired) electrons. The lowest BCUT2D eigenvalue weighted by Gasteiger charge is -2.27. The molecule has 1 aromatic rings. The molecule has 0 amide bonds. The van der Waals surface area contributed by atoms with Gasteiger partial charge in [0.25, 0.3) is 15.8 Å². The van der Waals surface area contributed by atoms with E-state index in [-0.39, 0.29) is 35.8 Å². The quantitative estimate of drug-likeness (QED) is 0.152. The number of nitrogens with one attached hydrogen (secondary N) is 1. The van der Waals surface area contributed by atoms with E-state index in [9.17, 15) is 26.9 Å². The molecule has 15 heteroatoms. The third-order valence-corrected chi connectivity index (χ3v) is 7.44. The maximum Gasteiger partial charge on any atom is 0.270 e. The number of alkyl halides is 1. The molecule has 0 aliphatic carbocycles. The Morgan fingerprint density at radius 2 is 1.91 bits per heavy atom. The first kappa shape index (κ1) is 26.9. The number of ether oxygens (including phenoxy) is 1. The van der Waals surface area contributed by atoms with Gasteiger partial charge in [-0.2, -0.15) is 8.42 Å². The van der Waals surface area contributed by atoms with Crippen molar-refractivity contribution >= 4 is 47.4 Å². The third kappa shape index (κ3) is 8.53. The van der Waals surface area contributed by atoms with E-state index in [1.807, 2.05) is 4.90 Å². The van der Waals surface area contributed by atoms with E-state index in [1.165, 1.54) is 12.1 Å². The SMILES string of the molecule is O=[N+]([O-])c1ccc(N(CCBr)CCCS(=O)(=O)O)c(S(=O)(=O)NCCN2CCOCC2)c1. The molecule has 0 aromatic heterocycles. The molecule has 0 bridgehead atoms. The lowest BCUT2D eigenvalue weighted by molar-refractivity contribution is -0.385. The molecule has 1 saturated heterocycles. The summed E-state index contributed by atoms with van der Waals surface area (Å²) in [4.78, 5) is 14.0. The Bertz CT molecular complexity index is 984. The summed E-state index contributed by atoms with van der Waals surface area (Å²) in [6.07, 6.45) is 0.0484. The van der Waals surface area contributed by atoms with Crippen molar-refractivity contribution in [2.24, 2.45) is 0 Å². The summed E-state index contributed by atoms with van der Waals surface area (Å²) in [6, 6.07) is 3.54. The molecule has 0 spiro atoms. The Kier molecular flexibility index (Phi) is 10.3. The maximum atomic E-state index is 13.1. The molecule has 32 heavy (non-hydrogen) atoms. The highest BCUT2D eigenvalue weighted by atomic mass is 79.9. The van der Waals surface area contributed by atoms with Gasteiger partial charge in [-0.15, -0.1) is 0 Å². The summed E-state index contributed by atoms with van der Waals surface area (Å²) < 4.78 is 64.9. The van der Waals surface area contributed by atoms with Crippen molar-refractivity contribution in [3.63, 3.8) is 0 Å². The van der Waals surface area contributed by atoms with Crippen molar-refractivity contribution in [1.29, 1.82) is 0 Å². The van der Waals surface area contributed by atoms with Gasteiger partial charge in [0.2, 0.25) is 10.0 Å². The number of sulfonamides is 1. The smallest absolute Gasteiger partial charge is 0.270 e. The lowest BCUT2D eigenvalue weighted by Crippen LogP contribution is -2.41. The molecule has 0 saturated carbocycles. The number of hydrogen-bond donors (Lipinski definition) is 2. The number of rotatable bonds is 13. The first-order valence-corrected chi connectivity index (χ1v) is 14.1. The minimum atomic E-state index is -4.17. The van der Waals surface area contributed by atoms with Crippen LogP contribution in [-0.4, -0.2) is 94.8 Å².